The highest BCUT2D eigenvalue weighted by Crippen LogP contribution is 2.32. The number of carbonyl (C=O) groups excluding carboxylic acids is 2. The zero-order chi connectivity index (χ0) is 23.4. The number of rotatable bonds is 7. The van der Waals surface area contributed by atoms with Gasteiger partial charge in [-0.3, -0.25) is 4.79 Å². The molecule has 4 N–H and O–H groups in total. The molecule has 3 rings (SSSR count). The van der Waals surface area contributed by atoms with Crippen LogP contribution in [0.15, 0.2) is 42.5 Å². The largest absolute Gasteiger partial charge is 0.508 e. The van der Waals surface area contributed by atoms with Gasteiger partial charge in [-0.05, 0) is 49.4 Å². The van der Waals surface area contributed by atoms with Crippen molar-refractivity contribution in [2.75, 3.05) is 13.7 Å². The molecule has 10 nitrogen and oxygen atoms in total. The molecule has 0 unspecified atom stereocenters. The topological polar surface area (TPSA) is 152 Å². The lowest BCUT2D eigenvalue weighted by Gasteiger charge is -2.40. The van der Waals surface area contributed by atoms with E-state index in [2.05, 4.69) is 0 Å². The van der Waals surface area contributed by atoms with Crippen LogP contribution in [0.1, 0.15) is 27.6 Å². The molecular formula is C22H24O10. The Hall–Kier alpha value is -3.18. The third-order valence-corrected chi connectivity index (χ3v) is 4.96. The maximum Gasteiger partial charge on any atom is 0.338 e. The number of aliphatic hydroxyl groups excluding tert-OH is 3. The summed E-state index contributed by atoms with van der Waals surface area (Å²) in [6.07, 6.45) is -7.45. The first kappa shape index (κ1) is 23.5. The number of hydrogen-bond donors (Lipinski definition) is 4. The van der Waals surface area contributed by atoms with Crippen molar-refractivity contribution in [3.05, 3.63) is 53.6 Å². The molecule has 32 heavy (non-hydrogen) atoms. The van der Waals surface area contributed by atoms with Crippen molar-refractivity contribution in [2.45, 2.75) is 37.6 Å². The maximum absolute atomic E-state index is 12.2. The minimum absolute atomic E-state index is 0.0172. The SMILES string of the molecule is COc1cc(C(C)=O)ccc1O[C@@H]1O[C@H](COC(=O)c2ccc(O)cc2)[C@@H](O)[C@H](O)[C@H]1O. The Labute approximate surface area is 183 Å². The third-order valence-electron chi connectivity index (χ3n) is 4.96. The molecule has 2 aromatic carbocycles. The van der Waals surface area contributed by atoms with Crippen molar-refractivity contribution < 1.29 is 49.0 Å². The molecule has 1 saturated heterocycles. The third kappa shape index (κ3) is 5.17. The average molecular weight is 448 g/mol. The van der Waals surface area contributed by atoms with Crippen LogP contribution in [0.25, 0.3) is 0 Å². The molecule has 1 fully saturated rings. The minimum atomic E-state index is -1.64. The normalized spacial score (nSPS) is 25.1. The average Bonchev–Trinajstić information content (AvgIpc) is 2.78. The molecule has 0 bridgehead atoms. The summed E-state index contributed by atoms with van der Waals surface area (Å²) in [4.78, 5) is 23.7. The van der Waals surface area contributed by atoms with Crippen LogP contribution in [-0.4, -0.2) is 76.6 Å². The van der Waals surface area contributed by atoms with E-state index in [9.17, 15) is 30.0 Å². The first-order chi connectivity index (χ1) is 15.2. The summed E-state index contributed by atoms with van der Waals surface area (Å²) in [6.45, 7) is 0.954. The fraction of sp³-hybridized carbons (Fsp3) is 0.364. The lowest BCUT2D eigenvalue weighted by molar-refractivity contribution is -0.277. The van der Waals surface area contributed by atoms with E-state index >= 15 is 0 Å². The quantitative estimate of drug-likeness (QED) is 0.351. The minimum Gasteiger partial charge on any atom is -0.508 e. The smallest absolute Gasteiger partial charge is 0.338 e. The van der Waals surface area contributed by atoms with E-state index < -0.39 is 43.3 Å². The number of hydrogen-bond acceptors (Lipinski definition) is 10. The first-order valence-corrected chi connectivity index (χ1v) is 9.72. The predicted octanol–water partition coefficient (Wildman–Crippen LogP) is 0.647. The van der Waals surface area contributed by atoms with Crippen molar-refractivity contribution in [1.82, 2.24) is 0 Å². The molecule has 2 aromatic rings. The van der Waals surface area contributed by atoms with Crippen LogP contribution in [0.5, 0.6) is 17.2 Å². The van der Waals surface area contributed by atoms with Crippen LogP contribution in [0.2, 0.25) is 0 Å². The first-order valence-electron chi connectivity index (χ1n) is 9.72. The molecule has 0 saturated carbocycles. The van der Waals surface area contributed by atoms with E-state index in [0.29, 0.717) is 5.56 Å². The molecule has 0 radical (unpaired) electrons. The van der Waals surface area contributed by atoms with Crippen LogP contribution in [0.4, 0.5) is 0 Å². The number of benzene rings is 2. The van der Waals surface area contributed by atoms with Gasteiger partial charge in [0.15, 0.2) is 17.3 Å². The second-order valence-electron chi connectivity index (χ2n) is 7.20. The number of ketones is 1. The molecule has 0 aromatic heterocycles. The van der Waals surface area contributed by atoms with Gasteiger partial charge in [0.25, 0.3) is 0 Å². The van der Waals surface area contributed by atoms with Gasteiger partial charge >= 0.3 is 5.97 Å². The zero-order valence-corrected chi connectivity index (χ0v) is 17.4. The molecule has 1 heterocycles. The number of methoxy groups -OCH3 is 1. The standard InChI is InChI=1S/C22H24O10/c1-11(23)13-5-8-15(16(9-13)29-2)31-22-20(27)19(26)18(25)17(32-22)10-30-21(28)12-3-6-14(24)7-4-12/h3-9,17-20,22,24-27H,10H2,1-2H3/t17-,18-,19+,20-,22-/m1/s1. The predicted molar refractivity (Wildman–Crippen MR) is 109 cm³/mol. The van der Waals surface area contributed by atoms with Gasteiger partial charge in [-0.1, -0.05) is 0 Å². The van der Waals surface area contributed by atoms with Crippen LogP contribution in [0, 0.1) is 0 Å². The van der Waals surface area contributed by atoms with Gasteiger partial charge in [0.1, 0.15) is 36.8 Å². The van der Waals surface area contributed by atoms with Crippen LogP contribution < -0.4 is 9.47 Å². The Kier molecular flexibility index (Phi) is 7.31. The molecule has 1 aliphatic heterocycles. The molecule has 172 valence electrons. The Morgan fingerprint density at radius 1 is 0.938 bits per heavy atom. The van der Waals surface area contributed by atoms with E-state index in [1.807, 2.05) is 0 Å². The Bertz CT molecular complexity index is 958. The number of carbonyl (C=O) groups is 2. The highest BCUT2D eigenvalue weighted by Gasteiger charge is 2.45. The van der Waals surface area contributed by atoms with Gasteiger partial charge in [0.2, 0.25) is 6.29 Å². The zero-order valence-electron chi connectivity index (χ0n) is 17.4. The second kappa shape index (κ2) is 9.96. The highest BCUT2D eigenvalue weighted by molar-refractivity contribution is 5.94. The van der Waals surface area contributed by atoms with Crippen LogP contribution in [-0.2, 0) is 9.47 Å². The van der Waals surface area contributed by atoms with Crippen molar-refractivity contribution in [3.63, 3.8) is 0 Å². The van der Waals surface area contributed by atoms with Crippen molar-refractivity contribution in [1.29, 1.82) is 0 Å². The molecule has 5 atom stereocenters. The number of Topliss-reactive ketones (excluding diaryl/α,β-unsaturated/α-hetero) is 1. The summed E-state index contributed by atoms with van der Waals surface area (Å²) in [5.41, 5.74) is 0.547. The Morgan fingerprint density at radius 2 is 1.59 bits per heavy atom. The van der Waals surface area contributed by atoms with Gasteiger partial charge in [-0.15, -0.1) is 0 Å². The second-order valence-corrected chi connectivity index (χ2v) is 7.20. The number of phenolic OH excluding ortho intramolecular Hbond substituents is 1. The van der Waals surface area contributed by atoms with E-state index in [4.69, 9.17) is 18.9 Å². The lowest BCUT2D eigenvalue weighted by Crippen LogP contribution is -2.60. The molecule has 0 aliphatic carbocycles. The van der Waals surface area contributed by atoms with Crippen molar-refractivity contribution >= 4 is 11.8 Å². The Morgan fingerprint density at radius 3 is 2.22 bits per heavy atom. The van der Waals surface area contributed by atoms with Gasteiger partial charge < -0.3 is 39.4 Å². The van der Waals surface area contributed by atoms with Gasteiger partial charge in [0, 0.05) is 5.56 Å². The fourth-order valence-corrected chi connectivity index (χ4v) is 3.10. The number of aliphatic hydroxyl groups is 3. The molecule has 0 spiro atoms. The van der Waals surface area contributed by atoms with E-state index in [1.54, 1.807) is 0 Å². The van der Waals surface area contributed by atoms with E-state index in [1.165, 1.54) is 56.5 Å². The van der Waals surface area contributed by atoms with Crippen molar-refractivity contribution in [3.8, 4) is 17.2 Å². The summed E-state index contributed by atoms with van der Waals surface area (Å²) >= 11 is 0. The monoisotopic (exact) mass is 448 g/mol. The molecule has 0 amide bonds. The van der Waals surface area contributed by atoms with Crippen molar-refractivity contribution in [2.24, 2.45) is 0 Å². The van der Waals surface area contributed by atoms with E-state index in [-0.39, 0.29) is 28.6 Å². The number of esters is 1. The Balaban J connectivity index is 1.70. The number of ether oxygens (including phenoxy) is 4. The summed E-state index contributed by atoms with van der Waals surface area (Å²) in [6, 6.07) is 9.75. The van der Waals surface area contributed by atoms with Gasteiger partial charge in [-0.2, -0.15) is 0 Å². The van der Waals surface area contributed by atoms with Crippen LogP contribution in [0.3, 0.4) is 0 Å². The number of aromatic hydroxyl groups is 1. The highest BCUT2D eigenvalue weighted by atomic mass is 16.7. The summed E-state index contributed by atoms with van der Waals surface area (Å²) in [5.74, 6) is -0.607. The summed E-state index contributed by atoms with van der Waals surface area (Å²) in [7, 11) is 1.37. The van der Waals surface area contributed by atoms with Gasteiger partial charge in [0.05, 0.1) is 12.7 Å². The van der Waals surface area contributed by atoms with Crippen LogP contribution >= 0.6 is 0 Å². The maximum atomic E-state index is 12.2. The number of phenols is 1. The molecular weight excluding hydrogens is 424 g/mol. The lowest BCUT2D eigenvalue weighted by atomic mass is 9.99. The summed E-state index contributed by atoms with van der Waals surface area (Å²) < 4.78 is 21.5. The fourth-order valence-electron chi connectivity index (χ4n) is 3.10. The summed E-state index contributed by atoms with van der Waals surface area (Å²) in [5, 5.41) is 40.0. The van der Waals surface area contributed by atoms with E-state index in [0.717, 1.165) is 0 Å². The molecule has 1 aliphatic rings. The molecule has 10 heteroatoms. The van der Waals surface area contributed by atoms with Gasteiger partial charge in [-0.25, -0.2) is 4.79 Å².